The van der Waals surface area contributed by atoms with Crippen molar-refractivity contribution in [3.8, 4) is 0 Å². The van der Waals surface area contributed by atoms with E-state index in [-0.39, 0.29) is 0 Å². The number of allylic oxidation sites excluding steroid dienone is 1. The fourth-order valence-electron chi connectivity index (χ4n) is 1.75. The van der Waals surface area contributed by atoms with E-state index in [9.17, 15) is 13.2 Å². The second-order valence-electron chi connectivity index (χ2n) is 3.92. The van der Waals surface area contributed by atoms with Crippen molar-refractivity contribution in [2.24, 2.45) is 5.92 Å². The summed E-state index contributed by atoms with van der Waals surface area (Å²) in [6.45, 7) is 3.79. The Hall–Kier alpha value is -0.640. The number of sulfone groups is 1. The van der Waals surface area contributed by atoms with Crippen LogP contribution in [0.1, 0.15) is 25.7 Å². The Kier molecular flexibility index (Phi) is 3.86. The zero-order chi connectivity index (χ0) is 10.6. The average molecular weight is 216 g/mol. The molecule has 0 N–H and O–H groups in total. The molecule has 1 saturated heterocycles. The van der Waals surface area contributed by atoms with Crippen LogP contribution in [0.3, 0.4) is 0 Å². The minimum Gasteiger partial charge on any atom is -0.303 e. The minimum absolute atomic E-state index is 0.298. The summed E-state index contributed by atoms with van der Waals surface area (Å²) in [5.41, 5.74) is 0.921. The average Bonchev–Trinajstić information content (AvgIpc) is 2.09. The molecule has 3 nitrogen and oxygen atoms in total. The predicted octanol–water partition coefficient (Wildman–Crippen LogP) is 1.35. The van der Waals surface area contributed by atoms with Crippen LogP contribution in [0.5, 0.6) is 0 Å². The first-order chi connectivity index (χ1) is 6.53. The summed E-state index contributed by atoms with van der Waals surface area (Å²) in [5, 5.41) is 0. The fraction of sp³-hybridized carbons (Fsp3) is 0.700. The maximum absolute atomic E-state index is 11.1. The van der Waals surface area contributed by atoms with Crippen molar-refractivity contribution < 1.29 is 13.2 Å². The molecule has 0 aromatic heterocycles. The third-order valence-electron chi connectivity index (χ3n) is 2.62. The number of hydrogen-bond donors (Lipinski definition) is 0. The molecule has 1 aliphatic heterocycles. The molecule has 0 aromatic carbocycles. The molecule has 0 unspecified atom stereocenters. The fourth-order valence-corrected chi connectivity index (χ4v) is 3.34. The lowest BCUT2D eigenvalue weighted by Gasteiger charge is -2.22. The lowest BCUT2D eigenvalue weighted by Crippen LogP contribution is -2.23. The summed E-state index contributed by atoms with van der Waals surface area (Å²) < 4.78 is 22.3. The molecule has 0 radical (unpaired) electrons. The highest BCUT2D eigenvalue weighted by molar-refractivity contribution is 7.91. The lowest BCUT2D eigenvalue weighted by atomic mass is 9.94. The standard InChI is InChI=1S/C10H16O3S/c1-9(2-5-11)8-10-3-6-14(12,13)7-4-10/h5,10H,1-4,6-8H2. The molecule has 0 saturated carbocycles. The second kappa shape index (κ2) is 4.73. The van der Waals surface area contributed by atoms with Gasteiger partial charge >= 0.3 is 0 Å². The van der Waals surface area contributed by atoms with Crippen LogP contribution in [-0.4, -0.2) is 26.2 Å². The largest absolute Gasteiger partial charge is 0.303 e. The van der Waals surface area contributed by atoms with Crippen LogP contribution in [0, 0.1) is 5.92 Å². The molecular formula is C10H16O3S. The van der Waals surface area contributed by atoms with E-state index in [1.807, 2.05) is 0 Å². The SMILES string of the molecule is C=C(CC=O)CC1CCS(=O)(=O)CC1. The first-order valence-corrected chi connectivity index (χ1v) is 6.66. The van der Waals surface area contributed by atoms with Crippen LogP contribution in [0.2, 0.25) is 0 Å². The summed E-state index contributed by atoms with van der Waals surface area (Å²) in [5.74, 6) is 1.00. The summed E-state index contributed by atoms with van der Waals surface area (Å²) >= 11 is 0. The number of rotatable bonds is 4. The van der Waals surface area contributed by atoms with Crippen LogP contribution in [0.4, 0.5) is 0 Å². The molecule has 0 aliphatic carbocycles. The number of hydrogen-bond acceptors (Lipinski definition) is 3. The number of aldehydes is 1. The van der Waals surface area contributed by atoms with E-state index in [2.05, 4.69) is 6.58 Å². The van der Waals surface area contributed by atoms with E-state index in [1.54, 1.807) is 0 Å². The summed E-state index contributed by atoms with van der Waals surface area (Å²) in [6.07, 6.45) is 3.50. The van der Waals surface area contributed by atoms with E-state index in [0.29, 0.717) is 23.8 Å². The summed E-state index contributed by atoms with van der Waals surface area (Å²) in [7, 11) is -2.76. The molecule has 4 heteroatoms. The van der Waals surface area contributed by atoms with Crippen molar-refractivity contribution in [2.75, 3.05) is 11.5 Å². The third-order valence-corrected chi connectivity index (χ3v) is 4.34. The maximum atomic E-state index is 11.1. The van der Waals surface area contributed by atoms with E-state index in [4.69, 9.17) is 0 Å². The lowest BCUT2D eigenvalue weighted by molar-refractivity contribution is -0.107. The van der Waals surface area contributed by atoms with Crippen molar-refractivity contribution in [1.29, 1.82) is 0 Å². The maximum Gasteiger partial charge on any atom is 0.150 e. The van der Waals surface area contributed by atoms with Gasteiger partial charge in [-0.15, -0.1) is 0 Å². The zero-order valence-electron chi connectivity index (χ0n) is 8.24. The number of carbonyl (C=O) groups is 1. The van der Waals surface area contributed by atoms with Crippen molar-refractivity contribution >= 4 is 16.1 Å². The highest BCUT2D eigenvalue weighted by atomic mass is 32.2. The smallest absolute Gasteiger partial charge is 0.150 e. The first-order valence-electron chi connectivity index (χ1n) is 4.84. The predicted molar refractivity (Wildman–Crippen MR) is 55.8 cm³/mol. The molecule has 0 amide bonds. The molecule has 0 bridgehead atoms. The van der Waals surface area contributed by atoms with Gasteiger partial charge in [-0.25, -0.2) is 8.42 Å². The molecule has 14 heavy (non-hydrogen) atoms. The molecule has 0 atom stereocenters. The molecule has 0 spiro atoms. The minimum atomic E-state index is -2.76. The van der Waals surface area contributed by atoms with Gasteiger partial charge in [0.15, 0.2) is 0 Å². The Morgan fingerprint density at radius 1 is 1.36 bits per heavy atom. The van der Waals surface area contributed by atoms with Gasteiger partial charge in [-0.2, -0.15) is 0 Å². The molecule has 1 heterocycles. The van der Waals surface area contributed by atoms with Crippen LogP contribution < -0.4 is 0 Å². The molecule has 1 fully saturated rings. The van der Waals surface area contributed by atoms with Crippen molar-refractivity contribution in [1.82, 2.24) is 0 Å². The Morgan fingerprint density at radius 2 is 1.93 bits per heavy atom. The Bertz CT molecular complexity index is 302. The van der Waals surface area contributed by atoms with Gasteiger partial charge < -0.3 is 4.79 Å². The van der Waals surface area contributed by atoms with Crippen molar-refractivity contribution in [3.63, 3.8) is 0 Å². The van der Waals surface area contributed by atoms with Gasteiger partial charge in [0, 0.05) is 6.42 Å². The van der Waals surface area contributed by atoms with Crippen molar-refractivity contribution in [3.05, 3.63) is 12.2 Å². The highest BCUT2D eigenvalue weighted by Crippen LogP contribution is 2.25. The van der Waals surface area contributed by atoms with Crippen LogP contribution in [-0.2, 0) is 14.6 Å². The Morgan fingerprint density at radius 3 is 2.43 bits per heavy atom. The molecule has 0 aromatic rings. The number of carbonyl (C=O) groups excluding carboxylic acids is 1. The van der Waals surface area contributed by atoms with Gasteiger partial charge in [0.25, 0.3) is 0 Å². The van der Waals surface area contributed by atoms with Crippen LogP contribution >= 0.6 is 0 Å². The van der Waals surface area contributed by atoms with Gasteiger partial charge in [-0.05, 0) is 25.2 Å². The van der Waals surface area contributed by atoms with E-state index in [0.717, 1.165) is 31.1 Å². The van der Waals surface area contributed by atoms with Gasteiger partial charge in [0.1, 0.15) is 16.1 Å². The topological polar surface area (TPSA) is 51.2 Å². The van der Waals surface area contributed by atoms with E-state index >= 15 is 0 Å². The zero-order valence-corrected chi connectivity index (χ0v) is 9.05. The van der Waals surface area contributed by atoms with E-state index in [1.165, 1.54) is 0 Å². The second-order valence-corrected chi connectivity index (χ2v) is 6.22. The van der Waals surface area contributed by atoms with Crippen molar-refractivity contribution in [2.45, 2.75) is 25.7 Å². The van der Waals surface area contributed by atoms with Gasteiger partial charge in [0.2, 0.25) is 0 Å². The normalized spacial score (nSPS) is 21.7. The highest BCUT2D eigenvalue weighted by Gasteiger charge is 2.23. The van der Waals surface area contributed by atoms with Crippen LogP contribution in [0.25, 0.3) is 0 Å². The third kappa shape index (κ3) is 3.62. The molecule has 1 rings (SSSR count). The van der Waals surface area contributed by atoms with Gasteiger partial charge in [-0.1, -0.05) is 12.2 Å². The monoisotopic (exact) mass is 216 g/mol. The summed E-state index contributed by atoms with van der Waals surface area (Å²) in [4.78, 5) is 10.2. The molecular weight excluding hydrogens is 200 g/mol. The van der Waals surface area contributed by atoms with E-state index < -0.39 is 9.84 Å². The molecule has 1 aliphatic rings. The van der Waals surface area contributed by atoms with Crippen LogP contribution in [0.15, 0.2) is 12.2 Å². The first kappa shape index (κ1) is 11.4. The Labute approximate surface area is 85.1 Å². The summed E-state index contributed by atoms with van der Waals surface area (Å²) in [6, 6.07) is 0. The quantitative estimate of drug-likeness (QED) is 0.526. The van der Waals surface area contributed by atoms with Gasteiger partial charge in [-0.3, -0.25) is 0 Å². The van der Waals surface area contributed by atoms with Gasteiger partial charge in [0.05, 0.1) is 11.5 Å². The molecule has 80 valence electrons. The Balaban J connectivity index is 2.36.